The molecule has 3 unspecified atom stereocenters. The van der Waals surface area contributed by atoms with Crippen molar-refractivity contribution in [3.63, 3.8) is 0 Å². The molecule has 2 aliphatic rings. The lowest BCUT2D eigenvalue weighted by Crippen LogP contribution is -2.59. The molecule has 6 nitrogen and oxygen atoms in total. The number of hydrogen-bond acceptors (Lipinski definition) is 6. The van der Waals surface area contributed by atoms with Crippen molar-refractivity contribution in [1.29, 1.82) is 0 Å². The minimum Gasteiger partial charge on any atom is -0.459 e. The van der Waals surface area contributed by atoms with Crippen LogP contribution in [0.2, 0.25) is 0 Å². The van der Waals surface area contributed by atoms with Crippen LogP contribution in [0.15, 0.2) is 42.0 Å². The van der Waals surface area contributed by atoms with Gasteiger partial charge in [0.15, 0.2) is 5.79 Å². The van der Waals surface area contributed by atoms with E-state index in [1.54, 1.807) is 7.11 Å². The number of ether oxygens (including phenoxy) is 3. The predicted octanol–water partition coefficient (Wildman–Crippen LogP) is 3.84. The molecule has 29 heavy (non-hydrogen) atoms. The van der Waals surface area contributed by atoms with Gasteiger partial charge in [-0.25, -0.2) is 4.79 Å². The van der Waals surface area contributed by atoms with E-state index in [1.165, 1.54) is 23.4 Å². The first kappa shape index (κ1) is 21.9. The topological polar surface area (TPSA) is 73.9 Å². The minimum absolute atomic E-state index is 0.0838. The Balaban J connectivity index is 1.75. The summed E-state index contributed by atoms with van der Waals surface area (Å²) < 4.78 is 18.0. The number of allylic oxidation sites excluding steroid dienone is 1. The van der Waals surface area contributed by atoms with Crippen LogP contribution in [0.4, 0.5) is 4.79 Å². The smallest absolute Gasteiger partial charge is 0.330 e. The second-order valence-electron chi connectivity index (χ2n) is 7.80. The van der Waals surface area contributed by atoms with Gasteiger partial charge in [-0.2, -0.15) is 0 Å². The lowest BCUT2D eigenvalue weighted by Gasteiger charge is -2.46. The fourth-order valence-electron chi connectivity index (χ4n) is 3.86. The second-order valence-corrected chi connectivity index (χ2v) is 8.79. The van der Waals surface area contributed by atoms with Crippen LogP contribution in [-0.2, 0) is 25.4 Å². The molecule has 158 valence electrons. The average molecular weight is 420 g/mol. The first-order valence-electron chi connectivity index (χ1n) is 9.96. The highest BCUT2D eigenvalue weighted by atomic mass is 32.2. The molecule has 7 heteroatoms. The molecule has 0 spiro atoms. The van der Waals surface area contributed by atoms with Crippen molar-refractivity contribution in [3.8, 4) is 0 Å². The molecule has 1 aromatic rings. The third-order valence-corrected chi connectivity index (χ3v) is 6.12. The quantitative estimate of drug-likeness (QED) is 0.535. The van der Waals surface area contributed by atoms with E-state index in [4.69, 9.17) is 14.2 Å². The summed E-state index contributed by atoms with van der Waals surface area (Å²) in [6, 6.07) is 9.93. The summed E-state index contributed by atoms with van der Waals surface area (Å²) in [4.78, 5) is 24.0. The lowest BCUT2D eigenvalue weighted by atomic mass is 9.91. The molecule has 0 aromatic heterocycles. The maximum Gasteiger partial charge on any atom is 0.330 e. The van der Waals surface area contributed by atoms with E-state index >= 15 is 0 Å². The predicted molar refractivity (Wildman–Crippen MR) is 113 cm³/mol. The Hall–Kier alpha value is -1.83. The summed E-state index contributed by atoms with van der Waals surface area (Å²) >= 11 is 1.22. The highest BCUT2D eigenvalue weighted by Crippen LogP contribution is 2.38. The Morgan fingerprint density at radius 3 is 2.72 bits per heavy atom. The van der Waals surface area contributed by atoms with Crippen molar-refractivity contribution in [1.82, 2.24) is 5.32 Å². The van der Waals surface area contributed by atoms with Crippen molar-refractivity contribution in [2.45, 2.75) is 63.6 Å². The number of benzene rings is 1. The minimum atomic E-state index is -1.01. The maximum atomic E-state index is 12.2. The van der Waals surface area contributed by atoms with Gasteiger partial charge in [0.2, 0.25) is 0 Å². The number of aryl methyl sites for hydroxylation is 1. The third kappa shape index (κ3) is 5.84. The van der Waals surface area contributed by atoms with Gasteiger partial charge in [0, 0.05) is 31.8 Å². The number of methoxy groups -OCH3 is 1. The van der Waals surface area contributed by atoms with E-state index in [0.717, 1.165) is 18.4 Å². The van der Waals surface area contributed by atoms with Crippen LogP contribution in [0.3, 0.4) is 0 Å². The molecule has 2 heterocycles. The number of hydrogen-bond donors (Lipinski definition) is 1. The standard InChI is InChI=1S/C22H29NO5S/c1-15(2)11-20(24)27-18-12-17(10-9-16-7-5-4-6-8-16)28-22(13-18,26-3)19-14-29-21(25)23-19/h4-8,11,17-19H,9-10,12-14H2,1-3H3,(H,23,25)/t17-,18?,19?,22?/m1/s1. The van der Waals surface area contributed by atoms with Gasteiger partial charge in [0.25, 0.3) is 5.24 Å². The number of thioether (sulfide) groups is 1. The van der Waals surface area contributed by atoms with Gasteiger partial charge in [0.05, 0.1) is 12.1 Å². The van der Waals surface area contributed by atoms with Crippen LogP contribution >= 0.6 is 11.8 Å². The summed E-state index contributed by atoms with van der Waals surface area (Å²) in [6.07, 6.45) is 3.64. The van der Waals surface area contributed by atoms with Crippen molar-refractivity contribution < 1.29 is 23.8 Å². The highest BCUT2D eigenvalue weighted by molar-refractivity contribution is 8.14. The van der Waals surface area contributed by atoms with E-state index in [-0.39, 0.29) is 29.5 Å². The van der Waals surface area contributed by atoms with Crippen LogP contribution < -0.4 is 5.32 Å². The van der Waals surface area contributed by atoms with Gasteiger partial charge in [-0.1, -0.05) is 47.7 Å². The van der Waals surface area contributed by atoms with Crippen LogP contribution in [0.25, 0.3) is 0 Å². The Morgan fingerprint density at radius 1 is 1.34 bits per heavy atom. The SMILES string of the molecule is COC1(C2CSC(=O)N2)CC(OC(=O)C=C(C)C)C[C@@H](CCc2ccccc2)O1. The van der Waals surface area contributed by atoms with Crippen molar-refractivity contribution in [3.05, 3.63) is 47.5 Å². The monoisotopic (exact) mass is 419 g/mol. The Labute approximate surface area is 176 Å². The zero-order valence-electron chi connectivity index (χ0n) is 17.2. The Kier molecular flexibility index (Phi) is 7.38. The molecular weight excluding hydrogens is 390 g/mol. The first-order chi connectivity index (χ1) is 13.9. The van der Waals surface area contributed by atoms with E-state index in [2.05, 4.69) is 17.4 Å². The number of amides is 1. The molecule has 2 aliphatic heterocycles. The molecular formula is C22H29NO5S. The summed E-state index contributed by atoms with van der Waals surface area (Å²) in [7, 11) is 1.59. The molecule has 1 aromatic carbocycles. The van der Waals surface area contributed by atoms with Crippen LogP contribution in [0, 0.1) is 0 Å². The summed E-state index contributed by atoms with van der Waals surface area (Å²) in [5.74, 6) is -0.796. The second kappa shape index (κ2) is 9.78. The van der Waals surface area contributed by atoms with Gasteiger partial charge < -0.3 is 19.5 Å². The Morgan fingerprint density at radius 2 is 2.10 bits per heavy atom. The van der Waals surface area contributed by atoms with Gasteiger partial charge in [-0.05, 0) is 32.3 Å². The molecule has 2 saturated heterocycles. The zero-order chi connectivity index (χ0) is 20.9. The fourth-order valence-corrected chi connectivity index (χ4v) is 4.75. The first-order valence-corrected chi connectivity index (χ1v) is 10.9. The summed E-state index contributed by atoms with van der Waals surface area (Å²) in [5.41, 5.74) is 2.12. The zero-order valence-corrected chi connectivity index (χ0v) is 18.0. The number of carbonyl (C=O) groups is 2. The largest absolute Gasteiger partial charge is 0.459 e. The summed E-state index contributed by atoms with van der Waals surface area (Å²) in [6.45, 7) is 3.72. The Bertz CT molecular complexity index is 749. The molecule has 0 radical (unpaired) electrons. The molecule has 3 rings (SSSR count). The molecule has 1 amide bonds. The van der Waals surface area contributed by atoms with Crippen molar-refractivity contribution >= 4 is 23.0 Å². The van der Waals surface area contributed by atoms with Crippen LogP contribution in [0.5, 0.6) is 0 Å². The number of carbonyl (C=O) groups excluding carboxylic acids is 2. The van der Waals surface area contributed by atoms with Crippen molar-refractivity contribution in [2.24, 2.45) is 0 Å². The van der Waals surface area contributed by atoms with E-state index in [1.807, 2.05) is 32.0 Å². The lowest BCUT2D eigenvalue weighted by molar-refractivity contribution is -0.295. The number of nitrogens with one attached hydrogen (secondary N) is 1. The highest BCUT2D eigenvalue weighted by Gasteiger charge is 2.51. The maximum absolute atomic E-state index is 12.2. The molecule has 2 fully saturated rings. The van der Waals surface area contributed by atoms with Gasteiger partial charge in [0.1, 0.15) is 6.10 Å². The third-order valence-electron chi connectivity index (χ3n) is 5.24. The molecule has 0 bridgehead atoms. The van der Waals surface area contributed by atoms with Gasteiger partial charge in [-0.3, -0.25) is 4.79 Å². The molecule has 0 aliphatic carbocycles. The van der Waals surface area contributed by atoms with Gasteiger partial charge in [-0.15, -0.1) is 0 Å². The van der Waals surface area contributed by atoms with Crippen molar-refractivity contribution in [2.75, 3.05) is 12.9 Å². The molecule has 1 N–H and O–H groups in total. The number of esters is 1. The van der Waals surface area contributed by atoms with E-state index < -0.39 is 5.79 Å². The van der Waals surface area contributed by atoms with E-state index in [0.29, 0.717) is 18.6 Å². The normalized spacial score (nSPS) is 29.2. The fraction of sp³-hybridized carbons (Fsp3) is 0.545. The van der Waals surface area contributed by atoms with E-state index in [9.17, 15) is 9.59 Å². The van der Waals surface area contributed by atoms with Crippen LogP contribution in [-0.4, -0.2) is 48.1 Å². The number of rotatable bonds is 7. The summed E-state index contributed by atoms with van der Waals surface area (Å²) in [5, 5.41) is 2.85. The van der Waals surface area contributed by atoms with Gasteiger partial charge >= 0.3 is 5.97 Å². The molecule has 4 atom stereocenters. The van der Waals surface area contributed by atoms with Crippen LogP contribution in [0.1, 0.15) is 38.7 Å². The average Bonchev–Trinajstić information content (AvgIpc) is 3.13. The molecule has 0 saturated carbocycles.